The van der Waals surface area contributed by atoms with Crippen molar-refractivity contribution in [3.05, 3.63) is 28.7 Å². The number of aromatic nitrogens is 1. The highest BCUT2D eigenvalue weighted by Crippen LogP contribution is 2.36. The van der Waals surface area contributed by atoms with Gasteiger partial charge in [0.25, 0.3) is 0 Å². The molecule has 0 bridgehead atoms. The van der Waals surface area contributed by atoms with Crippen molar-refractivity contribution in [3.63, 3.8) is 0 Å². The van der Waals surface area contributed by atoms with Crippen LogP contribution in [0.15, 0.2) is 23.9 Å². The molecule has 0 spiro atoms. The van der Waals surface area contributed by atoms with Crippen LogP contribution < -0.4 is 0 Å². The first-order valence-electron chi connectivity index (χ1n) is 4.48. The van der Waals surface area contributed by atoms with Gasteiger partial charge in [-0.3, -0.25) is 4.98 Å². The summed E-state index contributed by atoms with van der Waals surface area (Å²) >= 11 is 1.67. The Hall–Kier alpha value is -0.670. The summed E-state index contributed by atoms with van der Waals surface area (Å²) in [5, 5.41) is 9.36. The first-order valence-corrected chi connectivity index (χ1v) is 5.36. The number of aliphatic hydroxyl groups excluding tert-OH is 1. The van der Waals surface area contributed by atoms with Gasteiger partial charge in [-0.2, -0.15) is 0 Å². The third-order valence-corrected chi connectivity index (χ3v) is 3.42. The molecule has 0 atom stereocenters. The SMILES string of the molecule is OCC1(Cc2cncs2)CC=CC1. The van der Waals surface area contributed by atoms with Crippen LogP contribution in [0.25, 0.3) is 0 Å². The smallest absolute Gasteiger partial charge is 0.0794 e. The van der Waals surface area contributed by atoms with Gasteiger partial charge in [0, 0.05) is 23.1 Å². The maximum absolute atomic E-state index is 9.36. The lowest BCUT2D eigenvalue weighted by Crippen LogP contribution is -2.24. The fraction of sp³-hybridized carbons (Fsp3) is 0.500. The molecule has 2 rings (SSSR count). The van der Waals surface area contributed by atoms with Gasteiger partial charge in [-0.15, -0.1) is 11.3 Å². The second-order valence-corrected chi connectivity index (χ2v) is 4.65. The van der Waals surface area contributed by atoms with E-state index in [4.69, 9.17) is 0 Å². The third-order valence-electron chi connectivity index (χ3n) is 2.64. The molecular formula is C10H13NOS. The Morgan fingerprint density at radius 2 is 2.23 bits per heavy atom. The molecule has 1 aromatic heterocycles. The Balaban J connectivity index is 2.07. The molecule has 0 radical (unpaired) electrons. The number of hydrogen-bond donors (Lipinski definition) is 1. The van der Waals surface area contributed by atoms with Gasteiger partial charge in [-0.1, -0.05) is 12.2 Å². The molecular weight excluding hydrogens is 182 g/mol. The third kappa shape index (κ3) is 1.81. The average Bonchev–Trinajstić information content (AvgIpc) is 2.77. The van der Waals surface area contributed by atoms with Crippen molar-refractivity contribution in [1.29, 1.82) is 0 Å². The molecule has 1 aliphatic rings. The van der Waals surface area contributed by atoms with Crippen molar-refractivity contribution in [2.24, 2.45) is 5.41 Å². The summed E-state index contributed by atoms with van der Waals surface area (Å²) in [5.41, 5.74) is 1.93. The molecule has 0 fully saturated rings. The molecule has 0 aromatic carbocycles. The summed E-state index contributed by atoms with van der Waals surface area (Å²) in [5.74, 6) is 0. The molecule has 1 aliphatic carbocycles. The van der Waals surface area contributed by atoms with Gasteiger partial charge in [0.15, 0.2) is 0 Å². The molecule has 3 heteroatoms. The van der Waals surface area contributed by atoms with Crippen LogP contribution in [0.5, 0.6) is 0 Å². The summed E-state index contributed by atoms with van der Waals surface area (Å²) in [6, 6.07) is 0. The maximum Gasteiger partial charge on any atom is 0.0794 e. The maximum atomic E-state index is 9.36. The predicted molar refractivity (Wildman–Crippen MR) is 53.7 cm³/mol. The number of nitrogens with zero attached hydrogens (tertiary/aromatic N) is 1. The lowest BCUT2D eigenvalue weighted by Gasteiger charge is -2.25. The van der Waals surface area contributed by atoms with Gasteiger partial charge >= 0.3 is 0 Å². The van der Waals surface area contributed by atoms with Gasteiger partial charge in [0.1, 0.15) is 0 Å². The monoisotopic (exact) mass is 195 g/mol. The number of hydrogen-bond acceptors (Lipinski definition) is 3. The van der Waals surface area contributed by atoms with Crippen molar-refractivity contribution >= 4 is 11.3 Å². The number of thiazole rings is 1. The highest BCUT2D eigenvalue weighted by molar-refractivity contribution is 7.09. The topological polar surface area (TPSA) is 33.1 Å². The first-order chi connectivity index (χ1) is 6.35. The van der Waals surface area contributed by atoms with Crippen molar-refractivity contribution < 1.29 is 5.11 Å². The van der Waals surface area contributed by atoms with Crippen molar-refractivity contribution in [2.75, 3.05) is 6.61 Å². The zero-order valence-corrected chi connectivity index (χ0v) is 8.26. The van der Waals surface area contributed by atoms with E-state index in [1.54, 1.807) is 11.3 Å². The molecule has 0 aliphatic heterocycles. The minimum atomic E-state index is 0.0759. The minimum absolute atomic E-state index is 0.0759. The van der Waals surface area contributed by atoms with Crippen LogP contribution in [0.2, 0.25) is 0 Å². The summed E-state index contributed by atoms with van der Waals surface area (Å²) in [6.45, 7) is 0.276. The van der Waals surface area contributed by atoms with Crippen LogP contribution in [0.3, 0.4) is 0 Å². The van der Waals surface area contributed by atoms with E-state index in [1.807, 2.05) is 11.7 Å². The second kappa shape index (κ2) is 3.60. The van der Waals surface area contributed by atoms with Crippen LogP contribution in [-0.4, -0.2) is 16.7 Å². The molecule has 70 valence electrons. The van der Waals surface area contributed by atoms with Gasteiger partial charge in [-0.05, 0) is 19.3 Å². The lowest BCUT2D eigenvalue weighted by atomic mass is 9.82. The van der Waals surface area contributed by atoms with E-state index in [9.17, 15) is 5.11 Å². The molecule has 1 heterocycles. The van der Waals surface area contributed by atoms with Crippen molar-refractivity contribution in [3.8, 4) is 0 Å². The van der Waals surface area contributed by atoms with Crippen LogP contribution in [0.1, 0.15) is 17.7 Å². The van der Waals surface area contributed by atoms with E-state index < -0.39 is 0 Å². The average molecular weight is 195 g/mol. The zero-order chi connectivity index (χ0) is 9.15. The van der Waals surface area contributed by atoms with E-state index in [-0.39, 0.29) is 12.0 Å². The summed E-state index contributed by atoms with van der Waals surface area (Å²) < 4.78 is 0. The van der Waals surface area contributed by atoms with Crippen molar-refractivity contribution in [2.45, 2.75) is 19.3 Å². The molecule has 1 N–H and O–H groups in total. The molecule has 0 amide bonds. The minimum Gasteiger partial charge on any atom is -0.396 e. The first kappa shape index (κ1) is 8.91. The predicted octanol–water partition coefficient (Wildman–Crippen LogP) is 2.01. The highest BCUT2D eigenvalue weighted by atomic mass is 32.1. The van der Waals surface area contributed by atoms with Crippen LogP contribution in [-0.2, 0) is 6.42 Å². The summed E-state index contributed by atoms with van der Waals surface area (Å²) in [6.07, 6.45) is 9.19. The lowest BCUT2D eigenvalue weighted by molar-refractivity contribution is 0.137. The van der Waals surface area contributed by atoms with Crippen LogP contribution in [0.4, 0.5) is 0 Å². The van der Waals surface area contributed by atoms with Crippen LogP contribution >= 0.6 is 11.3 Å². The van der Waals surface area contributed by atoms with Gasteiger partial charge in [0.05, 0.1) is 5.51 Å². The Morgan fingerprint density at radius 3 is 2.77 bits per heavy atom. The normalized spacial score (nSPS) is 19.5. The molecule has 0 saturated heterocycles. The standard InChI is InChI=1S/C10H13NOS/c12-7-10(3-1-2-4-10)5-9-6-11-8-13-9/h1-2,6,8,12H,3-5,7H2. The quantitative estimate of drug-likeness (QED) is 0.748. The Morgan fingerprint density at radius 1 is 1.46 bits per heavy atom. The fourth-order valence-electron chi connectivity index (χ4n) is 1.78. The molecule has 13 heavy (non-hydrogen) atoms. The fourth-order valence-corrected chi connectivity index (χ4v) is 2.55. The van der Waals surface area contributed by atoms with E-state index in [2.05, 4.69) is 17.1 Å². The highest BCUT2D eigenvalue weighted by Gasteiger charge is 2.30. The Labute approximate surface area is 81.9 Å². The summed E-state index contributed by atoms with van der Waals surface area (Å²) in [7, 11) is 0. The second-order valence-electron chi connectivity index (χ2n) is 3.68. The molecule has 0 saturated carbocycles. The van der Waals surface area contributed by atoms with Gasteiger partial charge in [-0.25, -0.2) is 0 Å². The Kier molecular flexibility index (Phi) is 2.47. The Bertz CT molecular complexity index is 284. The van der Waals surface area contributed by atoms with Gasteiger partial charge < -0.3 is 5.11 Å². The number of aliphatic hydroxyl groups is 1. The molecule has 2 nitrogen and oxygen atoms in total. The van der Waals surface area contributed by atoms with Crippen molar-refractivity contribution in [1.82, 2.24) is 4.98 Å². The zero-order valence-electron chi connectivity index (χ0n) is 7.44. The molecule has 1 aromatic rings. The van der Waals surface area contributed by atoms with E-state index in [0.717, 1.165) is 19.3 Å². The van der Waals surface area contributed by atoms with E-state index in [0.29, 0.717) is 0 Å². The van der Waals surface area contributed by atoms with E-state index in [1.165, 1.54) is 4.88 Å². The largest absolute Gasteiger partial charge is 0.396 e. The van der Waals surface area contributed by atoms with E-state index >= 15 is 0 Å². The molecule has 0 unspecified atom stereocenters. The van der Waals surface area contributed by atoms with Gasteiger partial charge in [0.2, 0.25) is 0 Å². The van der Waals surface area contributed by atoms with Crippen LogP contribution in [0, 0.1) is 5.41 Å². The number of allylic oxidation sites excluding steroid dienone is 2. The number of rotatable bonds is 3. The summed E-state index contributed by atoms with van der Waals surface area (Å²) in [4.78, 5) is 5.32.